The third kappa shape index (κ3) is 8.64. The van der Waals surface area contributed by atoms with Crippen molar-refractivity contribution in [3.63, 3.8) is 0 Å². The number of pyridine rings is 1. The van der Waals surface area contributed by atoms with Crippen LogP contribution in [0, 0.1) is 0 Å². The number of fused-ring (bicyclic) bond motifs is 2. The SMILES string of the molecule is CCOC(=O)CC(c1cccc(OCc2ccccc2)c1)n1ccc2cc(OCCc3ccc4c(n3)N(C(=O)OC(C)(C)C)CCC4)ccc21. The van der Waals surface area contributed by atoms with E-state index >= 15 is 0 Å². The van der Waals surface area contributed by atoms with Crippen LogP contribution in [0.25, 0.3) is 10.9 Å². The standard InChI is InChI=1S/C41H45N3O6/c1-5-47-38(45)27-37(31-13-9-15-34(25-31)49-28-29-11-7-6-8-12-29)43-23-20-32-26-35(18-19-36(32)43)48-24-21-33-17-16-30-14-10-22-44(39(30)42-33)40(46)50-41(2,3)4/h6-9,11-13,15-20,23,25-26,37H,5,10,14,21-22,24,27-28H2,1-4H3. The van der Waals surface area contributed by atoms with Gasteiger partial charge in [-0.15, -0.1) is 0 Å². The van der Waals surface area contributed by atoms with Gasteiger partial charge < -0.3 is 23.5 Å². The molecule has 0 saturated carbocycles. The molecule has 0 saturated heterocycles. The van der Waals surface area contributed by atoms with Crippen LogP contribution in [0.5, 0.6) is 11.5 Å². The number of hydrogen-bond acceptors (Lipinski definition) is 7. The molecule has 3 heterocycles. The number of nitrogens with zero attached hydrogens (tertiary/aromatic N) is 3. The minimum atomic E-state index is -0.577. The number of esters is 1. The van der Waals surface area contributed by atoms with Crippen LogP contribution in [0.2, 0.25) is 0 Å². The molecule has 1 aliphatic heterocycles. The van der Waals surface area contributed by atoms with E-state index in [0.29, 0.717) is 38.6 Å². The average molecular weight is 676 g/mol. The van der Waals surface area contributed by atoms with Crippen molar-refractivity contribution in [2.45, 2.75) is 71.6 Å². The number of anilines is 1. The second kappa shape index (κ2) is 15.5. The summed E-state index contributed by atoms with van der Waals surface area (Å²) in [5.41, 5.74) is 4.33. The molecule has 9 nitrogen and oxygen atoms in total. The van der Waals surface area contributed by atoms with Crippen LogP contribution < -0.4 is 14.4 Å². The molecule has 6 rings (SSSR count). The van der Waals surface area contributed by atoms with Gasteiger partial charge in [0, 0.05) is 35.8 Å². The van der Waals surface area contributed by atoms with Crippen LogP contribution in [0.15, 0.2) is 97.2 Å². The third-order valence-electron chi connectivity index (χ3n) is 8.52. The van der Waals surface area contributed by atoms with Gasteiger partial charge in [-0.1, -0.05) is 48.5 Å². The van der Waals surface area contributed by atoms with Crippen molar-refractivity contribution in [3.8, 4) is 11.5 Å². The summed E-state index contributed by atoms with van der Waals surface area (Å²) in [6.45, 7) is 9.21. The van der Waals surface area contributed by atoms with Crippen LogP contribution in [0.3, 0.4) is 0 Å². The number of hydrogen-bond donors (Lipinski definition) is 0. The second-order valence-electron chi connectivity index (χ2n) is 13.4. The average Bonchev–Trinajstić information content (AvgIpc) is 3.52. The van der Waals surface area contributed by atoms with E-state index in [0.717, 1.165) is 57.6 Å². The van der Waals surface area contributed by atoms with E-state index in [-0.39, 0.29) is 24.5 Å². The zero-order chi connectivity index (χ0) is 35.1. The summed E-state index contributed by atoms with van der Waals surface area (Å²) >= 11 is 0. The number of aromatic nitrogens is 2. The van der Waals surface area contributed by atoms with E-state index in [1.165, 1.54) is 0 Å². The van der Waals surface area contributed by atoms with E-state index in [4.69, 9.17) is 23.9 Å². The molecule has 0 spiro atoms. The summed E-state index contributed by atoms with van der Waals surface area (Å²) < 4.78 is 25.4. The summed E-state index contributed by atoms with van der Waals surface area (Å²) in [5, 5.41) is 0.993. The van der Waals surface area contributed by atoms with Crippen LogP contribution in [-0.4, -0.2) is 47.0 Å². The number of aryl methyl sites for hydroxylation is 1. The molecule has 0 radical (unpaired) electrons. The molecule has 0 fully saturated rings. The molecule has 0 bridgehead atoms. The van der Waals surface area contributed by atoms with E-state index in [1.807, 2.05) is 119 Å². The Morgan fingerprint density at radius 3 is 2.52 bits per heavy atom. The number of rotatable bonds is 12. The van der Waals surface area contributed by atoms with Crippen LogP contribution in [-0.2, 0) is 33.7 Å². The molecule has 1 atom stereocenters. The van der Waals surface area contributed by atoms with Gasteiger partial charge in [0.2, 0.25) is 0 Å². The highest BCUT2D eigenvalue weighted by Crippen LogP contribution is 2.32. The fourth-order valence-corrected chi connectivity index (χ4v) is 6.20. The molecule has 50 heavy (non-hydrogen) atoms. The Kier molecular flexibility index (Phi) is 10.7. The van der Waals surface area contributed by atoms with Gasteiger partial charge in [0.15, 0.2) is 0 Å². The number of benzene rings is 3. The molecule has 1 unspecified atom stereocenters. The smallest absolute Gasteiger partial charge is 0.416 e. The molecule has 260 valence electrons. The number of carbonyl (C=O) groups is 2. The maximum Gasteiger partial charge on any atom is 0.416 e. The fourth-order valence-electron chi connectivity index (χ4n) is 6.20. The van der Waals surface area contributed by atoms with Gasteiger partial charge in [-0.25, -0.2) is 9.78 Å². The first-order valence-corrected chi connectivity index (χ1v) is 17.3. The molecule has 0 N–H and O–H groups in total. The highest BCUT2D eigenvalue weighted by Gasteiger charge is 2.28. The summed E-state index contributed by atoms with van der Waals surface area (Å²) in [6, 6.07) is 29.7. The van der Waals surface area contributed by atoms with E-state index in [9.17, 15) is 9.59 Å². The summed E-state index contributed by atoms with van der Waals surface area (Å²) in [6.07, 6.45) is 4.15. The van der Waals surface area contributed by atoms with Gasteiger partial charge >= 0.3 is 12.1 Å². The minimum Gasteiger partial charge on any atom is -0.493 e. The van der Waals surface area contributed by atoms with E-state index in [1.54, 1.807) is 4.90 Å². The van der Waals surface area contributed by atoms with E-state index in [2.05, 4.69) is 10.6 Å². The normalized spacial score (nSPS) is 13.4. The topological polar surface area (TPSA) is 92.1 Å². The zero-order valence-corrected chi connectivity index (χ0v) is 29.3. The molecule has 0 aliphatic carbocycles. The molecule has 5 aromatic rings. The lowest BCUT2D eigenvalue weighted by molar-refractivity contribution is -0.143. The third-order valence-corrected chi connectivity index (χ3v) is 8.52. The maximum absolute atomic E-state index is 12.9. The predicted molar refractivity (Wildman–Crippen MR) is 194 cm³/mol. The number of carbonyl (C=O) groups excluding carboxylic acids is 2. The Bertz CT molecular complexity index is 1930. The first-order valence-electron chi connectivity index (χ1n) is 17.3. The Morgan fingerprint density at radius 1 is 0.900 bits per heavy atom. The summed E-state index contributed by atoms with van der Waals surface area (Å²) in [4.78, 5) is 32.2. The number of ether oxygens (including phenoxy) is 4. The van der Waals surface area contributed by atoms with Crippen molar-refractivity contribution in [1.29, 1.82) is 0 Å². The second-order valence-corrected chi connectivity index (χ2v) is 13.4. The Hall–Kier alpha value is -5.31. The molecule has 1 aliphatic rings. The predicted octanol–water partition coefficient (Wildman–Crippen LogP) is 8.47. The molecule has 2 aromatic heterocycles. The van der Waals surface area contributed by atoms with Crippen molar-refractivity contribution in [3.05, 3.63) is 120 Å². The number of amides is 1. The van der Waals surface area contributed by atoms with E-state index < -0.39 is 5.60 Å². The van der Waals surface area contributed by atoms with Gasteiger partial charge in [-0.2, -0.15) is 0 Å². The minimum absolute atomic E-state index is 0.178. The molecule has 9 heteroatoms. The van der Waals surface area contributed by atoms with Crippen molar-refractivity contribution < 1.29 is 28.5 Å². The van der Waals surface area contributed by atoms with Crippen molar-refractivity contribution in [2.24, 2.45) is 0 Å². The molecular formula is C41H45N3O6. The highest BCUT2D eigenvalue weighted by atomic mass is 16.6. The van der Waals surface area contributed by atoms with Crippen LogP contribution in [0.1, 0.15) is 69.0 Å². The van der Waals surface area contributed by atoms with Gasteiger partial charge in [-0.3, -0.25) is 9.69 Å². The van der Waals surface area contributed by atoms with Gasteiger partial charge in [0.05, 0.1) is 25.7 Å². The zero-order valence-electron chi connectivity index (χ0n) is 29.3. The Labute approximate surface area is 293 Å². The molecular weight excluding hydrogens is 630 g/mol. The first kappa shape index (κ1) is 34.5. The van der Waals surface area contributed by atoms with Gasteiger partial charge in [-0.05, 0) is 99.7 Å². The molecule has 1 amide bonds. The Balaban J connectivity index is 1.15. The summed E-state index contributed by atoms with van der Waals surface area (Å²) in [7, 11) is 0. The lowest BCUT2D eigenvalue weighted by Crippen LogP contribution is -2.40. The lowest BCUT2D eigenvalue weighted by atomic mass is 10.0. The Morgan fingerprint density at radius 2 is 1.72 bits per heavy atom. The van der Waals surface area contributed by atoms with Gasteiger partial charge in [0.25, 0.3) is 0 Å². The first-order chi connectivity index (χ1) is 24.2. The quantitative estimate of drug-likeness (QED) is 0.123. The monoisotopic (exact) mass is 675 g/mol. The molecule has 3 aromatic carbocycles. The lowest BCUT2D eigenvalue weighted by Gasteiger charge is -2.31. The fraction of sp³-hybridized carbons (Fsp3) is 0.341. The van der Waals surface area contributed by atoms with Crippen LogP contribution in [0.4, 0.5) is 10.6 Å². The largest absolute Gasteiger partial charge is 0.493 e. The maximum atomic E-state index is 12.9. The van der Waals surface area contributed by atoms with Crippen molar-refractivity contribution >= 4 is 28.8 Å². The summed E-state index contributed by atoms with van der Waals surface area (Å²) in [5.74, 6) is 1.89. The highest BCUT2D eigenvalue weighted by molar-refractivity contribution is 5.88. The van der Waals surface area contributed by atoms with Crippen molar-refractivity contribution in [2.75, 3.05) is 24.7 Å². The van der Waals surface area contributed by atoms with Crippen molar-refractivity contribution in [1.82, 2.24) is 9.55 Å². The van der Waals surface area contributed by atoms with Crippen LogP contribution >= 0.6 is 0 Å². The van der Waals surface area contributed by atoms with Gasteiger partial charge in [0.1, 0.15) is 29.5 Å².